The van der Waals surface area contributed by atoms with Crippen LogP contribution in [0.5, 0.6) is 0 Å². The molecule has 0 radical (unpaired) electrons. The molecule has 10 heteroatoms. The van der Waals surface area contributed by atoms with Crippen LogP contribution in [-0.4, -0.2) is 58.9 Å². The summed E-state index contributed by atoms with van der Waals surface area (Å²) in [5, 5.41) is 23.6. The fourth-order valence-electron chi connectivity index (χ4n) is 6.33. The van der Waals surface area contributed by atoms with Gasteiger partial charge in [-0.05, 0) is 61.5 Å². The molecule has 0 bridgehead atoms. The predicted octanol–water partition coefficient (Wildman–Crippen LogP) is 5.32. The van der Waals surface area contributed by atoms with Crippen molar-refractivity contribution in [2.24, 2.45) is 11.0 Å². The number of rotatable bonds is 11. The van der Waals surface area contributed by atoms with Gasteiger partial charge >= 0.3 is 0 Å². The Labute approximate surface area is 242 Å². The zero-order valence-electron chi connectivity index (χ0n) is 24.1. The highest BCUT2D eigenvalue weighted by atomic mass is 28.4. The summed E-state index contributed by atoms with van der Waals surface area (Å²) in [5.41, 5.74) is 4.46. The molecule has 1 saturated heterocycles. The lowest BCUT2D eigenvalue weighted by Crippen LogP contribution is -2.36. The van der Waals surface area contributed by atoms with Crippen LogP contribution >= 0.6 is 0 Å². The molecule has 218 valence electrons. The van der Waals surface area contributed by atoms with Crippen LogP contribution in [0, 0.1) is 5.92 Å². The third-order valence-electron chi connectivity index (χ3n) is 8.30. The lowest BCUT2D eigenvalue weighted by Gasteiger charge is -2.28. The SMILES string of the molecule is C[C@@H]1[C@@H]([Si](C)(C)F)[C@H](CCn2cc(CCO)nn2)O[C@@H]1CCc1cccc(N2N=C(c3ccccc3)CCC2=O)c1. The number of carbonyl (C=O) groups excluding carboxylic acids is 1. The standard InChI is InChI=1S/C31H40FN5O3Si/c1-22-28(40-29(31(22)41(2,3)32)16-18-36-21-25(17-19-38)33-35-36)14-12-23-8-7-11-26(20-23)37-30(39)15-13-27(34-37)24-9-5-4-6-10-24/h4-11,20-22,28-29,31,38H,12-19H2,1-3H3/t22-,28+,29-,31+/m0/s1. The molecule has 2 aliphatic rings. The lowest BCUT2D eigenvalue weighted by molar-refractivity contribution is -0.118. The Kier molecular flexibility index (Phi) is 9.11. The monoisotopic (exact) mass is 577 g/mol. The number of aliphatic hydroxyl groups excluding tert-OH is 1. The number of ether oxygens (including phenoxy) is 1. The summed E-state index contributed by atoms with van der Waals surface area (Å²) >= 11 is 0. The minimum absolute atomic E-state index is 0.00809. The first-order valence-electron chi connectivity index (χ1n) is 14.6. The molecule has 1 N–H and O–H groups in total. The predicted molar refractivity (Wildman–Crippen MR) is 160 cm³/mol. The number of halogens is 1. The van der Waals surface area contributed by atoms with Crippen molar-refractivity contribution in [1.29, 1.82) is 0 Å². The first kappa shape index (κ1) is 29.3. The van der Waals surface area contributed by atoms with Crippen molar-refractivity contribution < 1.29 is 18.7 Å². The van der Waals surface area contributed by atoms with Gasteiger partial charge in [0.25, 0.3) is 0 Å². The van der Waals surface area contributed by atoms with E-state index >= 15 is 4.11 Å². The summed E-state index contributed by atoms with van der Waals surface area (Å²) in [7, 11) is -2.98. The number of aromatic nitrogens is 3. The van der Waals surface area contributed by atoms with Crippen LogP contribution in [0.4, 0.5) is 9.80 Å². The molecule has 2 aromatic carbocycles. The molecule has 1 amide bonds. The average molecular weight is 578 g/mol. The van der Waals surface area contributed by atoms with Gasteiger partial charge in [-0.25, -0.2) is 5.01 Å². The summed E-state index contributed by atoms with van der Waals surface area (Å²) in [6.45, 7) is 6.32. The Morgan fingerprint density at radius 3 is 2.61 bits per heavy atom. The quantitative estimate of drug-likeness (QED) is 0.246. The maximum atomic E-state index is 15.6. The summed E-state index contributed by atoms with van der Waals surface area (Å²) in [6.07, 6.45) is 5.36. The van der Waals surface area contributed by atoms with E-state index < -0.39 is 8.41 Å². The Morgan fingerprint density at radius 1 is 1.05 bits per heavy atom. The van der Waals surface area contributed by atoms with E-state index in [9.17, 15) is 4.79 Å². The number of carbonyl (C=O) groups is 1. The highest BCUT2D eigenvalue weighted by molar-refractivity contribution is 6.72. The second-order valence-corrected chi connectivity index (χ2v) is 15.5. The van der Waals surface area contributed by atoms with Crippen LogP contribution in [0.25, 0.3) is 0 Å². The summed E-state index contributed by atoms with van der Waals surface area (Å²) < 4.78 is 23.9. The molecule has 0 aliphatic carbocycles. The highest BCUT2D eigenvalue weighted by Gasteiger charge is 2.50. The number of hydrogen-bond donors (Lipinski definition) is 1. The van der Waals surface area contributed by atoms with Gasteiger partial charge in [0.1, 0.15) is 0 Å². The van der Waals surface area contributed by atoms with E-state index in [1.165, 1.54) is 5.01 Å². The Morgan fingerprint density at radius 2 is 1.85 bits per heavy atom. The molecule has 8 nitrogen and oxygen atoms in total. The molecular weight excluding hydrogens is 537 g/mol. The summed E-state index contributed by atoms with van der Waals surface area (Å²) in [4.78, 5) is 12.8. The zero-order valence-corrected chi connectivity index (χ0v) is 25.1. The van der Waals surface area contributed by atoms with Crippen LogP contribution < -0.4 is 5.01 Å². The first-order valence-corrected chi connectivity index (χ1v) is 17.6. The molecule has 0 unspecified atom stereocenters. The molecule has 0 saturated carbocycles. The second kappa shape index (κ2) is 12.8. The Balaban J connectivity index is 1.25. The van der Waals surface area contributed by atoms with Crippen molar-refractivity contribution in [3.05, 3.63) is 77.6 Å². The van der Waals surface area contributed by atoms with E-state index in [1.807, 2.05) is 54.7 Å². The molecule has 5 rings (SSSR count). The number of aliphatic hydroxyl groups is 1. The van der Waals surface area contributed by atoms with Gasteiger partial charge in [-0.3, -0.25) is 9.48 Å². The van der Waals surface area contributed by atoms with Crippen molar-refractivity contribution in [2.75, 3.05) is 11.6 Å². The van der Waals surface area contributed by atoms with Gasteiger partial charge in [0, 0.05) is 44.2 Å². The fraction of sp³-hybridized carbons (Fsp3) is 0.484. The number of hydrazone groups is 1. The third kappa shape index (κ3) is 6.99. The van der Waals surface area contributed by atoms with E-state index in [1.54, 1.807) is 17.8 Å². The Bertz CT molecular complexity index is 1360. The highest BCUT2D eigenvalue weighted by Crippen LogP contribution is 2.47. The molecule has 4 atom stereocenters. The number of nitrogens with zero attached hydrogens (tertiary/aromatic N) is 5. The van der Waals surface area contributed by atoms with Crippen molar-refractivity contribution in [2.45, 2.75) is 82.8 Å². The van der Waals surface area contributed by atoms with Gasteiger partial charge in [-0.15, -0.1) is 5.10 Å². The van der Waals surface area contributed by atoms with E-state index in [0.29, 0.717) is 32.2 Å². The average Bonchev–Trinajstić information content (AvgIpc) is 3.55. The van der Waals surface area contributed by atoms with Crippen LogP contribution in [0.1, 0.15) is 49.4 Å². The molecule has 41 heavy (non-hydrogen) atoms. The zero-order chi connectivity index (χ0) is 29.0. The van der Waals surface area contributed by atoms with Gasteiger partial charge < -0.3 is 14.0 Å². The molecule has 2 aliphatic heterocycles. The minimum atomic E-state index is -2.98. The van der Waals surface area contributed by atoms with Crippen LogP contribution in [0.2, 0.25) is 18.6 Å². The van der Waals surface area contributed by atoms with Gasteiger partial charge in [-0.2, -0.15) is 5.10 Å². The smallest absolute Gasteiger partial charge is 0.247 e. The maximum absolute atomic E-state index is 15.6. The van der Waals surface area contributed by atoms with E-state index in [0.717, 1.165) is 41.1 Å². The van der Waals surface area contributed by atoms with E-state index in [4.69, 9.17) is 14.9 Å². The number of amides is 1. The van der Waals surface area contributed by atoms with Gasteiger partial charge in [0.05, 0.1) is 29.3 Å². The van der Waals surface area contributed by atoms with E-state index in [-0.39, 0.29) is 36.2 Å². The van der Waals surface area contributed by atoms with Crippen LogP contribution in [-0.2, 0) is 28.9 Å². The van der Waals surface area contributed by atoms with E-state index in [2.05, 4.69) is 23.3 Å². The lowest BCUT2D eigenvalue weighted by atomic mass is 9.95. The first-order chi connectivity index (χ1) is 19.7. The minimum Gasteiger partial charge on any atom is -0.396 e. The Hall–Kier alpha value is -3.21. The molecule has 1 aromatic heterocycles. The number of aryl methyl sites for hydroxylation is 2. The van der Waals surface area contributed by atoms with Crippen LogP contribution in [0.15, 0.2) is 65.9 Å². The number of hydrogen-bond acceptors (Lipinski definition) is 6. The molecule has 1 fully saturated rings. The largest absolute Gasteiger partial charge is 0.396 e. The molecular formula is C31H40FN5O3Si. The molecule has 3 heterocycles. The maximum Gasteiger partial charge on any atom is 0.247 e. The normalized spacial score (nSPS) is 23.2. The third-order valence-corrected chi connectivity index (χ3v) is 10.8. The molecule has 3 aromatic rings. The van der Waals surface area contributed by atoms with Crippen LogP contribution in [0.3, 0.4) is 0 Å². The van der Waals surface area contributed by atoms with Crippen molar-refractivity contribution in [3.8, 4) is 0 Å². The summed E-state index contributed by atoms with van der Waals surface area (Å²) in [6, 6.07) is 18.0. The van der Waals surface area contributed by atoms with Gasteiger partial charge in [0.15, 0.2) is 0 Å². The summed E-state index contributed by atoms with van der Waals surface area (Å²) in [5.74, 6) is 0.100. The number of anilines is 1. The van der Waals surface area contributed by atoms with Crippen molar-refractivity contribution >= 4 is 25.7 Å². The number of benzene rings is 2. The fourth-order valence-corrected chi connectivity index (χ4v) is 8.92. The molecule has 0 spiro atoms. The van der Waals surface area contributed by atoms with Crippen molar-refractivity contribution in [3.63, 3.8) is 0 Å². The second-order valence-electron chi connectivity index (χ2n) is 11.7. The van der Waals surface area contributed by atoms with Crippen molar-refractivity contribution in [1.82, 2.24) is 15.0 Å². The topological polar surface area (TPSA) is 92.8 Å². The van der Waals surface area contributed by atoms with Gasteiger partial charge in [-0.1, -0.05) is 54.6 Å². The van der Waals surface area contributed by atoms with Gasteiger partial charge in [0.2, 0.25) is 14.3 Å².